The van der Waals surface area contributed by atoms with Crippen LogP contribution in [0.2, 0.25) is 0 Å². The molecule has 0 aliphatic rings. The van der Waals surface area contributed by atoms with Gasteiger partial charge in [-0.3, -0.25) is 4.31 Å². The van der Waals surface area contributed by atoms with Gasteiger partial charge in [-0.2, -0.15) is 8.42 Å². The largest absolute Gasteiger partial charge is 0.467 e. The summed E-state index contributed by atoms with van der Waals surface area (Å²) in [6.45, 7) is 2.06. The van der Waals surface area contributed by atoms with E-state index < -0.39 is 10.0 Å². The molecular weight excluding hydrogens is 314 g/mol. The van der Waals surface area contributed by atoms with Gasteiger partial charge >= 0.3 is 0 Å². The fourth-order valence-electron chi connectivity index (χ4n) is 2.21. The normalized spacial score (nSPS) is 11.6. The molecule has 0 saturated heterocycles. The Balaban J connectivity index is 2.05. The first-order valence-electron chi connectivity index (χ1n) is 7.06. The Morgan fingerprint density at radius 2 is 1.96 bits per heavy atom. The van der Waals surface area contributed by atoms with Crippen LogP contribution in [0.15, 0.2) is 64.6 Å². The molecular formula is C16H17N3O3S. The van der Waals surface area contributed by atoms with Crippen molar-refractivity contribution < 1.29 is 12.8 Å². The molecule has 7 heteroatoms. The molecule has 3 rings (SSSR count). The van der Waals surface area contributed by atoms with E-state index in [1.165, 1.54) is 23.1 Å². The van der Waals surface area contributed by atoms with Gasteiger partial charge in [-0.05, 0) is 31.2 Å². The lowest BCUT2D eigenvalue weighted by molar-refractivity contribution is 0.508. The number of nitrogens with zero attached hydrogens (tertiary/aromatic N) is 3. The highest BCUT2D eigenvalue weighted by Gasteiger charge is 2.28. The lowest BCUT2D eigenvalue weighted by Gasteiger charge is -2.22. The molecule has 0 atom stereocenters. The first-order valence-corrected chi connectivity index (χ1v) is 8.50. The number of aromatic nitrogens is 2. The zero-order valence-electron chi connectivity index (χ0n) is 12.9. The van der Waals surface area contributed by atoms with Gasteiger partial charge in [0.2, 0.25) is 0 Å². The third-order valence-corrected chi connectivity index (χ3v) is 5.10. The second kappa shape index (κ2) is 5.92. The van der Waals surface area contributed by atoms with Crippen LogP contribution in [0, 0.1) is 6.92 Å². The minimum absolute atomic E-state index is 0.00660. The highest BCUT2D eigenvalue weighted by molar-refractivity contribution is 7.92. The van der Waals surface area contributed by atoms with Gasteiger partial charge in [-0.15, -0.1) is 0 Å². The minimum Gasteiger partial charge on any atom is -0.467 e. The van der Waals surface area contributed by atoms with Crippen molar-refractivity contribution in [1.29, 1.82) is 0 Å². The Bertz CT molecular complexity index is 881. The maximum atomic E-state index is 13.0. The summed E-state index contributed by atoms with van der Waals surface area (Å²) in [5.41, 5.74) is 1.62. The van der Waals surface area contributed by atoms with Crippen molar-refractivity contribution in [2.24, 2.45) is 7.05 Å². The molecule has 1 aromatic carbocycles. The van der Waals surface area contributed by atoms with E-state index in [0.717, 1.165) is 5.56 Å². The van der Waals surface area contributed by atoms with E-state index in [2.05, 4.69) is 4.98 Å². The lowest BCUT2D eigenvalue weighted by Crippen LogP contribution is -2.30. The Kier molecular flexibility index (Phi) is 3.96. The van der Waals surface area contributed by atoms with E-state index >= 15 is 0 Å². The SMILES string of the molecule is Cc1ccc(N(Cc2ccco2)S(=O)(=O)c2cn(C)cn2)cc1. The van der Waals surface area contributed by atoms with Crippen molar-refractivity contribution >= 4 is 15.7 Å². The number of hydrogen-bond acceptors (Lipinski definition) is 4. The number of furan rings is 1. The maximum absolute atomic E-state index is 13.0. The topological polar surface area (TPSA) is 68.3 Å². The van der Waals surface area contributed by atoms with Crippen LogP contribution in [0.3, 0.4) is 0 Å². The maximum Gasteiger partial charge on any atom is 0.283 e. The van der Waals surface area contributed by atoms with Crippen LogP contribution in [0.1, 0.15) is 11.3 Å². The van der Waals surface area contributed by atoms with Crippen molar-refractivity contribution in [2.45, 2.75) is 18.5 Å². The Morgan fingerprint density at radius 1 is 1.22 bits per heavy atom. The number of benzene rings is 1. The summed E-state index contributed by atoms with van der Waals surface area (Å²) in [5.74, 6) is 0.560. The molecule has 0 saturated carbocycles. The molecule has 0 aliphatic heterocycles. The fraction of sp³-hybridized carbons (Fsp3) is 0.188. The molecule has 0 fully saturated rings. The minimum atomic E-state index is -3.78. The molecule has 0 unspecified atom stereocenters. The second-order valence-corrected chi connectivity index (χ2v) is 7.11. The molecule has 0 spiro atoms. The molecule has 0 radical (unpaired) electrons. The average Bonchev–Trinajstić information content (AvgIpc) is 3.17. The molecule has 0 N–H and O–H groups in total. The lowest BCUT2D eigenvalue weighted by atomic mass is 10.2. The van der Waals surface area contributed by atoms with Crippen LogP contribution in [-0.4, -0.2) is 18.0 Å². The van der Waals surface area contributed by atoms with Gasteiger partial charge < -0.3 is 8.98 Å². The molecule has 3 aromatic rings. The summed E-state index contributed by atoms with van der Waals surface area (Å²) >= 11 is 0. The van der Waals surface area contributed by atoms with Gasteiger partial charge in [0.05, 0.1) is 24.8 Å². The van der Waals surface area contributed by atoms with Gasteiger partial charge in [0, 0.05) is 13.2 Å². The number of aryl methyl sites for hydroxylation is 2. The average molecular weight is 331 g/mol. The van der Waals surface area contributed by atoms with E-state index in [1.807, 2.05) is 19.1 Å². The van der Waals surface area contributed by atoms with Gasteiger partial charge in [0.15, 0.2) is 5.03 Å². The highest BCUT2D eigenvalue weighted by Crippen LogP contribution is 2.25. The van der Waals surface area contributed by atoms with Gasteiger partial charge in [0.1, 0.15) is 5.76 Å². The molecule has 6 nitrogen and oxygen atoms in total. The van der Waals surface area contributed by atoms with E-state index in [4.69, 9.17) is 4.42 Å². The van der Waals surface area contributed by atoms with Gasteiger partial charge in [-0.25, -0.2) is 4.98 Å². The fourth-order valence-corrected chi connectivity index (χ4v) is 3.61. The van der Waals surface area contributed by atoms with Crippen molar-refractivity contribution in [3.05, 3.63) is 66.5 Å². The first kappa shape index (κ1) is 15.4. The molecule has 2 aromatic heterocycles. The zero-order chi connectivity index (χ0) is 16.4. The Hall–Kier alpha value is -2.54. The summed E-state index contributed by atoms with van der Waals surface area (Å²) in [4.78, 5) is 3.98. The zero-order valence-corrected chi connectivity index (χ0v) is 13.7. The van der Waals surface area contributed by atoms with Gasteiger partial charge in [-0.1, -0.05) is 17.7 Å². The van der Waals surface area contributed by atoms with Crippen molar-refractivity contribution in [3.63, 3.8) is 0 Å². The molecule has 120 valence electrons. The Morgan fingerprint density at radius 3 is 2.52 bits per heavy atom. The van der Waals surface area contributed by atoms with E-state index in [-0.39, 0.29) is 11.6 Å². The number of rotatable bonds is 5. The Labute approximate surface area is 135 Å². The van der Waals surface area contributed by atoms with Crippen LogP contribution in [0.5, 0.6) is 0 Å². The van der Waals surface area contributed by atoms with Crippen molar-refractivity contribution in [3.8, 4) is 0 Å². The highest BCUT2D eigenvalue weighted by atomic mass is 32.2. The standard InChI is InChI=1S/C16H17N3O3S/c1-13-5-7-14(8-6-13)19(10-15-4-3-9-22-15)23(20,21)16-11-18(2)12-17-16/h3-9,11-12H,10H2,1-2H3. The second-order valence-electron chi connectivity index (χ2n) is 5.30. The first-order chi connectivity index (χ1) is 11.0. The summed E-state index contributed by atoms with van der Waals surface area (Å²) in [6, 6.07) is 10.8. The van der Waals surface area contributed by atoms with E-state index in [9.17, 15) is 8.42 Å². The van der Waals surface area contributed by atoms with Crippen molar-refractivity contribution in [1.82, 2.24) is 9.55 Å². The molecule has 23 heavy (non-hydrogen) atoms. The number of imidazole rings is 1. The van der Waals surface area contributed by atoms with Gasteiger partial charge in [0.25, 0.3) is 10.0 Å². The molecule has 2 heterocycles. The summed E-state index contributed by atoms with van der Waals surface area (Å²) in [7, 11) is -2.05. The predicted molar refractivity (Wildman–Crippen MR) is 86.5 cm³/mol. The molecule has 0 aliphatic carbocycles. The van der Waals surface area contributed by atoms with Crippen LogP contribution in [-0.2, 0) is 23.6 Å². The smallest absolute Gasteiger partial charge is 0.283 e. The number of sulfonamides is 1. The predicted octanol–water partition coefficient (Wildman–Crippen LogP) is 2.72. The van der Waals surface area contributed by atoms with Crippen LogP contribution >= 0.6 is 0 Å². The summed E-state index contributed by atoms with van der Waals surface area (Å²) in [5, 5.41) is 0.00660. The van der Waals surface area contributed by atoms with E-state index in [0.29, 0.717) is 11.4 Å². The summed E-state index contributed by atoms with van der Waals surface area (Å²) in [6.07, 6.45) is 4.47. The number of hydrogen-bond donors (Lipinski definition) is 0. The number of anilines is 1. The summed E-state index contributed by atoms with van der Waals surface area (Å²) < 4.78 is 34.1. The van der Waals surface area contributed by atoms with E-state index in [1.54, 1.807) is 35.9 Å². The van der Waals surface area contributed by atoms with Crippen LogP contribution < -0.4 is 4.31 Å². The monoisotopic (exact) mass is 331 g/mol. The molecule has 0 bridgehead atoms. The third kappa shape index (κ3) is 3.14. The van der Waals surface area contributed by atoms with Crippen LogP contribution in [0.4, 0.5) is 5.69 Å². The third-order valence-electron chi connectivity index (χ3n) is 3.44. The van der Waals surface area contributed by atoms with Crippen LogP contribution in [0.25, 0.3) is 0 Å². The molecule has 0 amide bonds. The quantitative estimate of drug-likeness (QED) is 0.721. The van der Waals surface area contributed by atoms with Crippen molar-refractivity contribution in [2.75, 3.05) is 4.31 Å².